The van der Waals surface area contributed by atoms with E-state index in [-0.39, 0.29) is 0 Å². The first kappa shape index (κ1) is 23.3. The van der Waals surface area contributed by atoms with Crippen LogP contribution in [-0.2, 0) is 11.2 Å². The average molecular weight is 433 g/mol. The quantitative estimate of drug-likeness (QED) is 0.293. The van der Waals surface area contributed by atoms with E-state index in [0.717, 1.165) is 23.5 Å². The van der Waals surface area contributed by atoms with E-state index < -0.39 is 24.0 Å². The van der Waals surface area contributed by atoms with Gasteiger partial charge in [0.25, 0.3) is 11.8 Å². The van der Waals surface area contributed by atoms with Crippen molar-refractivity contribution >= 4 is 17.9 Å². The molecule has 0 aromatic heterocycles. The fourth-order valence-electron chi connectivity index (χ4n) is 3.24. The Balaban J connectivity index is 1.53. The number of hydrogen-bond acceptors (Lipinski definition) is 4. The minimum atomic E-state index is -1.26. The van der Waals surface area contributed by atoms with Crippen LogP contribution in [0.4, 0.5) is 0 Å². The van der Waals surface area contributed by atoms with Crippen LogP contribution in [0.2, 0.25) is 0 Å². The summed E-state index contributed by atoms with van der Waals surface area (Å²) in [6, 6.07) is 13.9. The Morgan fingerprint density at radius 2 is 1.81 bits per heavy atom. The molecule has 0 unspecified atom stereocenters. The molecule has 0 radical (unpaired) electrons. The van der Waals surface area contributed by atoms with E-state index in [0.29, 0.717) is 5.56 Å². The van der Waals surface area contributed by atoms with Crippen LogP contribution in [0.1, 0.15) is 53.2 Å². The molecule has 1 fully saturated rings. The van der Waals surface area contributed by atoms with Crippen molar-refractivity contribution in [3.8, 4) is 11.8 Å². The van der Waals surface area contributed by atoms with Gasteiger partial charge in [0, 0.05) is 11.1 Å². The Morgan fingerprint density at radius 1 is 1.12 bits per heavy atom. The van der Waals surface area contributed by atoms with Gasteiger partial charge >= 0.3 is 0 Å². The highest BCUT2D eigenvalue weighted by Gasteiger charge is 2.25. The number of aliphatic hydroxyl groups is 1. The van der Waals surface area contributed by atoms with Crippen LogP contribution in [0.15, 0.2) is 54.6 Å². The highest BCUT2D eigenvalue weighted by Crippen LogP contribution is 2.33. The van der Waals surface area contributed by atoms with Crippen molar-refractivity contribution in [2.75, 3.05) is 0 Å². The first-order valence-corrected chi connectivity index (χ1v) is 10.8. The summed E-state index contributed by atoms with van der Waals surface area (Å²) in [5.41, 5.74) is 4.95. The maximum absolute atomic E-state index is 12.3. The second-order valence-electron chi connectivity index (χ2n) is 8.07. The summed E-state index contributed by atoms with van der Waals surface area (Å²) >= 11 is 0. The second kappa shape index (κ2) is 11.3. The van der Waals surface area contributed by atoms with Crippen LogP contribution in [0.3, 0.4) is 0 Å². The lowest BCUT2D eigenvalue weighted by molar-refractivity contribution is -0.133. The smallest absolute Gasteiger partial charge is 0.268 e. The van der Waals surface area contributed by atoms with E-state index in [1.807, 2.05) is 6.08 Å². The fraction of sp³-hybridized carbons (Fsp3) is 0.308. The molecule has 2 atom stereocenters. The molecular formula is C26H28N2O4. The number of hydrogen-bond donors (Lipinski definition) is 4. The third-order valence-corrected chi connectivity index (χ3v) is 5.40. The van der Waals surface area contributed by atoms with Crippen molar-refractivity contribution in [3.05, 3.63) is 76.9 Å². The highest BCUT2D eigenvalue weighted by atomic mass is 16.5. The van der Waals surface area contributed by atoms with Gasteiger partial charge in [-0.3, -0.25) is 14.8 Å². The van der Waals surface area contributed by atoms with Crippen molar-refractivity contribution in [2.24, 2.45) is 5.92 Å². The minimum Gasteiger partial charge on any atom is -0.391 e. The lowest BCUT2D eigenvalue weighted by Crippen LogP contribution is -2.51. The van der Waals surface area contributed by atoms with Gasteiger partial charge in [-0.25, -0.2) is 5.48 Å². The first-order chi connectivity index (χ1) is 15.5. The van der Waals surface area contributed by atoms with E-state index >= 15 is 0 Å². The molecule has 2 aromatic rings. The van der Waals surface area contributed by atoms with Gasteiger partial charge in [0.2, 0.25) is 0 Å². The predicted molar refractivity (Wildman–Crippen MR) is 123 cm³/mol. The van der Waals surface area contributed by atoms with Gasteiger partial charge in [0.05, 0.1) is 6.10 Å². The largest absolute Gasteiger partial charge is 0.391 e. The van der Waals surface area contributed by atoms with Crippen LogP contribution in [0.25, 0.3) is 6.08 Å². The van der Waals surface area contributed by atoms with Crippen LogP contribution in [0.5, 0.6) is 0 Å². The van der Waals surface area contributed by atoms with Crippen molar-refractivity contribution in [1.29, 1.82) is 0 Å². The molecule has 1 aliphatic rings. The van der Waals surface area contributed by atoms with Crippen molar-refractivity contribution < 1.29 is 19.9 Å². The molecule has 0 saturated heterocycles. The molecule has 6 nitrogen and oxygen atoms in total. The Hall–Kier alpha value is -3.40. The lowest BCUT2D eigenvalue weighted by atomic mass is 10.1. The number of rotatable bonds is 8. The molecule has 1 saturated carbocycles. The summed E-state index contributed by atoms with van der Waals surface area (Å²) in [5, 5.41) is 20.7. The van der Waals surface area contributed by atoms with Gasteiger partial charge in [-0.15, -0.1) is 0 Å². The SMILES string of the molecule is C[C@H](O)[C@H](NC(=O)c1ccc(C#C/C=C/c2ccc(CCC3CC3)cc2)cc1)C(=O)NO. The zero-order chi connectivity index (χ0) is 22.9. The zero-order valence-corrected chi connectivity index (χ0v) is 18.0. The van der Waals surface area contributed by atoms with Crippen molar-refractivity contribution in [3.63, 3.8) is 0 Å². The van der Waals surface area contributed by atoms with E-state index in [9.17, 15) is 14.7 Å². The van der Waals surface area contributed by atoms with Gasteiger partial charge in [-0.2, -0.15) is 0 Å². The van der Waals surface area contributed by atoms with E-state index in [1.54, 1.807) is 30.3 Å². The topological polar surface area (TPSA) is 98.7 Å². The standard InChI is InChI=1S/C26H28N2O4/c1-18(29)24(26(31)28-32)27-25(30)23-16-14-20(15-17-23)5-3-2-4-19-6-8-21(9-7-19)10-11-22-12-13-22/h2,4,6-9,14-18,22,24,29,32H,10-13H2,1H3,(H,27,30)(H,28,31)/b4-2+/t18-,24-/m0/s1. The van der Waals surface area contributed by atoms with E-state index in [4.69, 9.17) is 5.21 Å². The highest BCUT2D eigenvalue weighted by molar-refractivity contribution is 5.97. The third-order valence-electron chi connectivity index (χ3n) is 5.40. The molecule has 0 bridgehead atoms. The number of carbonyl (C=O) groups excluding carboxylic acids is 2. The maximum Gasteiger partial charge on any atom is 0.268 e. The van der Waals surface area contributed by atoms with Gasteiger partial charge in [-0.05, 0) is 73.2 Å². The molecule has 32 heavy (non-hydrogen) atoms. The summed E-state index contributed by atoms with van der Waals surface area (Å²) in [6.45, 7) is 1.34. The van der Waals surface area contributed by atoms with Gasteiger partial charge in [-0.1, -0.05) is 48.9 Å². The molecule has 6 heteroatoms. The fourth-order valence-corrected chi connectivity index (χ4v) is 3.24. The summed E-state index contributed by atoms with van der Waals surface area (Å²) < 4.78 is 0. The van der Waals surface area contributed by atoms with Crippen LogP contribution in [0, 0.1) is 17.8 Å². The molecule has 0 heterocycles. The lowest BCUT2D eigenvalue weighted by Gasteiger charge is -2.19. The second-order valence-corrected chi connectivity index (χ2v) is 8.07. The van der Waals surface area contributed by atoms with Gasteiger partial charge in [0.15, 0.2) is 0 Å². The Labute approximate surface area is 188 Å². The van der Waals surface area contributed by atoms with Gasteiger partial charge < -0.3 is 10.4 Å². The molecule has 0 aliphatic heterocycles. The molecular weight excluding hydrogens is 404 g/mol. The third kappa shape index (κ3) is 7.09. The summed E-state index contributed by atoms with van der Waals surface area (Å²) in [6.07, 6.45) is 7.81. The number of allylic oxidation sites excluding steroid dienone is 1. The van der Waals surface area contributed by atoms with Crippen molar-refractivity contribution in [2.45, 2.75) is 44.8 Å². The summed E-state index contributed by atoms with van der Waals surface area (Å²) in [7, 11) is 0. The zero-order valence-electron chi connectivity index (χ0n) is 18.0. The number of aliphatic hydroxyl groups excluding tert-OH is 1. The Morgan fingerprint density at radius 3 is 2.41 bits per heavy atom. The molecule has 2 amide bonds. The van der Waals surface area contributed by atoms with E-state index in [2.05, 4.69) is 41.4 Å². The summed E-state index contributed by atoms with van der Waals surface area (Å²) in [4.78, 5) is 23.8. The van der Waals surface area contributed by atoms with Gasteiger partial charge in [0.1, 0.15) is 6.04 Å². The number of nitrogens with one attached hydrogen (secondary N) is 2. The number of amides is 2. The molecule has 0 spiro atoms. The van der Waals surface area contributed by atoms with Crippen molar-refractivity contribution in [1.82, 2.24) is 10.8 Å². The Kier molecular flexibility index (Phi) is 8.20. The first-order valence-electron chi connectivity index (χ1n) is 10.8. The molecule has 1 aliphatic carbocycles. The van der Waals surface area contributed by atoms with E-state index in [1.165, 1.54) is 37.2 Å². The molecule has 4 N–H and O–H groups in total. The molecule has 2 aromatic carbocycles. The predicted octanol–water partition coefficient (Wildman–Crippen LogP) is 3.08. The average Bonchev–Trinajstić information content (AvgIpc) is 3.64. The molecule has 166 valence electrons. The maximum atomic E-state index is 12.3. The number of carbonyl (C=O) groups is 2. The Bertz CT molecular complexity index is 1010. The monoisotopic (exact) mass is 432 g/mol. The number of hydroxylamine groups is 1. The van der Waals surface area contributed by atoms with Crippen LogP contribution >= 0.6 is 0 Å². The number of aryl methyl sites for hydroxylation is 1. The van der Waals surface area contributed by atoms with Crippen LogP contribution in [-0.4, -0.2) is 34.3 Å². The normalized spacial score (nSPS) is 14.8. The molecule has 3 rings (SSSR count). The summed E-state index contributed by atoms with van der Waals surface area (Å²) in [5.74, 6) is 5.51. The van der Waals surface area contributed by atoms with Crippen LogP contribution < -0.4 is 10.8 Å². The minimum absolute atomic E-state index is 0.309. The number of benzene rings is 2.